The quantitative estimate of drug-likeness (QED) is 0.0977. The van der Waals surface area contributed by atoms with E-state index in [-0.39, 0.29) is 24.2 Å². The van der Waals surface area contributed by atoms with Crippen molar-refractivity contribution in [1.29, 1.82) is 0 Å². The summed E-state index contributed by atoms with van der Waals surface area (Å²) in [5.41, 5.74) is 3.19. The van der Waals surface area contributed by atoms with E-state index in [1.165, 1.54) is 18.4 Å². The van der Waals surface area contributed by atoms with Gasteiger partial charge < -0.3 is 28.7 Å². The topological polar surface area (TPSA) is 110 Å². The first-order valence-electron chi connectivity index (χ1n) is 19.8. The van der Waals surface area contributed by atoms with Crippen molar-refractivity contribution in [1.82, 2.24) is 20.3 Å². The van der Waals surface area contributed by atoms with Crippen LogP contribution in [0.5, 0.6) is 0 Å². The maximum Gasteiger partial charge on any atom is 0.287 e. The van der Waals surface area contributed by atoms with Crippen LogP contribution in [0.4, 0.5) is 0 Å². The summed E-state index contributed by atoms with van der Waals surface area (Å²) in [7, 11) is 0. The summed E-state index contributed by atoms with van der Waals surface area (Å²) in [5, 5.41) is 11.9. The maximum atomic E-state index is 12.1. The molecule has 2 saturated heterocycles. The molecule has 0 spiro atoms. The Balaban J connectivity index is 0.855. The third kappa shape index (κ3) is 14.1. The molecule has 3 aromatic rings. The zero-order valence-electron chi connectivity index (χ0n) is 31.2. The number of ether oxygens (including phenoxy) is 4. The van der Waals surface area contributed by atoms with Crippen molar-refractivity contribution < 1.29 is 28.2 Å². The van der Waals surface area contributed by atoms with Crippen LogP contribution in [0.25, 0.3) is 0 Å². The summed E-state index contributed by atoms with van der Waals surface area (Å²) in [6.07, 6.45) is 20.4. The highest BCUT2D eigenvalue weighted by atomic mass is 16.5. The molecule has 2 aliphatic heterocycles. The molecule has 2 aliphatic rings. The molecule has 0 aliphatic carbocycles. The fourth-order valence-electron chi connectivity index (χ4n) is 7.09. The summed E-state index contributed by atoms with van der Waals surface area (Å²) in [4.78, 5) is 12.1. The molecular formula is C41H62N4O6. The predicted molar refractivity (Wildman–Crippen MR) is 198 cm³/mol. The Hall–Kier alpha value is -3.05. The highest BCUT2D eigenvalue weighted by Gasteiger charge is 2.27. The van der Waals surface area contributed by atoms with Gasteiger partial charge in [0.25, 0.3) is 5.91 Å². The number of carbonyl (C=O) groups is 1. The zero-order chi connectivity index (χ0) is 35.5. The second-order valence-corrected chi connectivity index (χ2v) is 14.5. The van der Waals surface area contributed by atoms with E-state index in [9.17, 15) is 4.79 Å². The number of nitrogens with zero attached hydrogens (tertiary/aromatic N) is 3. The third-order valence-electron chi connectivity index (χ3n) is 10.2. The van der Waals surface area contributed by atoms with Crippen LogP contribution < -0.4 is 5.32 Å². The van der Waals surface area contributed by atoms with Crippen LogP contribution in [0, 0.1) is 13.8 Å². The third-order valence-corrected chi connectivity index (χ3v) is 10.2. The van der Waals surface area contributed by atoms with Gasteiger partial charge >= 0.3 is 0 Å². The lowest BCUT2D eigenvalue weighted by Crippen LogP contribution is -2.31. The number of carbonyl (C=O) groups excluding carboxylic acids is 1. The van der Waals surface area contributed by atoms with Crippen molar-refractivity contribution in [2.75, 3.05) is 26.4 Å². The van der Waals surface area contributed by atoms with Gasteiger partial charge in [0.2, 0.25) is 0 Å². The van der Waals surface area contributed by atoms with Crippen molar-refractivity contribution in [3.05, 3.63) is 70.9 Å². The number of furan rings is 1. The number of nitrogens with one attached hydrogen (secondary N) is 1. The number of hydrogen-bond donors (Lipinski definition) is 1. The van der Waals surface area contributed by atoms with Gasteiger partial charge in [0, 0.05) is 26.4 Å². The molecule has 4 atom stereocenters. The molecule has 1 aromatic carbocycles. The molecule has 10 heteroatoms. The van der Waals surface area contributed by atoms with Crippen molar-refractivity contribution in [2.24, 2.45) is 0 Å². The minimum Gasteiger partial charge on any atom is -0.456 e. The Labute approximate surface area is 305 Å². The van der Waals surface area contributed by atoms with Gasteiger partial charge in [-0.1, -0.05) is 48.4 Å². The smallest absolute Gasteiger partial charge is 0.287 e. The van der Waals surface area contributed by atoms with E-state index in [2.05, 4.69) is 46.1 Å². The Bertz CT molecular complexity index is 1370. The molecule has 2 aromatic heterocycles. The van der Waals surface area contributed by atoms with Crippen LogP contribution in [-0.4, -0.2) is 65.6 Å². The fraction of sp³-hybridized carbons (Fsp3) is 0.683. The van der Waals surface area contributed by atoms with Crippen LogP contribution in [0.15, 0.2) is 47.0 Å². The van der Waals surface area contributed by atoms with Crippen molar-refractivity contribution in [3.8, 4) is 0 Å². The van der Waals surface area contributed by atoms with Crippen LogP contribution in [-0.2, 0) is 32.1 Å². The standard InChI is InChI=1S/C41H62N4O6/c1-32-28-40(49-33(32)2)41(46)42-24-10-3-4-11-25-47-26-12-8-18-35-20-14-22-37(50-35)29-45-30-38(43-44-45)39-23-15-21-36(51-39)19-9-13-27-48-31-34-16-6-5-7-17-34/h5-7,16-17,28,30,35-37,39H,3-4,8-15,18-27,29,31H2,1-2H3,(H,42,46)/t35-,36-,37-,39-/m0/s1. The fourth-order valence-corrected chi connectivity index (χ4v) is 7.09. The number of unbranched alkanes of at least 4 members (excludes halogenated alkanes) is 5. The van der Waals surface area contributed by atoms with Crippen LogP contribution in [0.3, 0.4) is 0 Å². The summed E-state index contributed by atoms with van der Waals surface area (Å²) in [6.45, 7) is 8.33. The molecule has 282 valence electrons. The van der Waals surface area contributed by atoms with E-state index in [1.54, 1.807) is 6.07 Å². The average Bonchev–Trinajstić information content (AvgIpc) is 3.76. The maximum absolute atomic E-state index is 12.1. The van der Waals surface area contributed by atoms with Gasteiger partial charge in [-0.2, -0.15) is 0 Å². The number of aryl methyl sites for hydroxylation is 2. The lowest BCUT2D eigenvalue weighted by atomic mass is 9.99. The summed E-state index contributed by atoms with van der Waals surface area (Å²) in [6, 6.07) is 12.2. The SMILES string of the molecule is Cc1cc(C(=O)NCCCCCCOCCCC[C@H]2CCC[C@@H](Cn3cc([C@@H]4CCC[C@H](CCCCOCc5ccccc5)O4)nn3)O2)oc1C. The van der Waals surface area contributed by atoms with Gasteiger partial charge in [-0.05, 0) is 121 Å². The molecule has 1 N–H and O–H groups in total. The second-order valence-electron chi connectivity index (χ2n) is 14.5. The number of rotatable bonds is 23. The monoisotopic (exact) mass is 706 g/mol. The van der Waals surface area contributed by atoms with E-state index in [0.717, 1.165) is 133 Å². The molecule has 5 rings (SSSR count). The minimum atomic E-state index is -0.129. The molecule has 2 fully saturated rings. The molecule has 1 amide bonds. The normalized spacial score (nSPS) is 20.8. The summed E-state index contributed by atoms with van der Waals surface area (Å²) >= 11 is 0. The van der Waals surface area contributed by atoms with E-state index >= 15 is 0 Å². The van der Waals surface area contributed by atoms with E-state index in [1.807, 2.05) is 24.6 Å². The Kier molecular flexibility index (Phi) is 17.0. The Morgan fingerprint density at radius 2 is 1.51 bits per heavy atom. The largest absolute Gasteiger partial charge is 0.456 e. The molecule has 0 bridgehead atoms. The van der Waals surface area contributed by atoms with Gasteiger partial charge in [-0.15, -0.1) is 5.10 Å². The molecule has 10 nitrogen and oxygen atoms in total. The molecule has 51 heavy (non-hydrogen) atoms. The van der Waals surface area contributed by atoms with Crippen molar-refractivity contribution >= 4 is 5.91 Å². The predicted octanol–water partition coefficient (Wildman–Crippen LogP) is 8.60. The molecule has 0 unspecified atom stereocenters. The first-order chi connectivity index (χ1) is 25.0. The number of hydrogen-bond acceptors (Lipinski definition) is 8. The van der Waals surface area contributed by atoms with Gasteiger partial charge in [-0.25, -0.2) is 4.68 Å². The molecular weight excluding hydrogens is 644 g/mol. The van der Waals surface area contributed by atoms with Gasteiger partial charge in [0.15, 0.2) is 5.76 Å². The average molecular weight is 707 g/mol. The van der Waals surface area contributed by atoms with E-state index in [0.29, 0.717) is 25.0 Å². The van der Waals surface area contributed by atoms with Gasteiger partial charge in [0.1, 0.15) is 17.6 Å². The minimum absolute atomic E-state index is 0.0375. The number of benzene rings is 1. The number of aromatic nitrogens is 3. The second kappa shape index (κ2) is 22.1. The Morgan fingerprint density at radius 1 is 0.824 bits per heavy atom. The van der Waals surface area contributed by atoms with Crippen LogP contribution in [0.2, 0.25) is 0 Å². The van der Waals surface area contributed by atoms with Crippen molar-refractivity contribution in [3.63, 3.8) is 0 Å². The number of amides is 1. The highest BCUT2D eigenvalue weighted by Crippen LogP contribution is 2.32. The first kappa shape index (κ1) is 39.2. The summed E-state index contributed by atoms with van der Waals surface area (Å²) < 4.78 is 32.2. The molecule has 0 saturated carbocycles. The zero-order valence-corrected chi connectivity index (χ0v) is 31.2. The lowest BCUT2D eigenvalue weighted by molar-refractivity contribution is -0.0630. The van der Waals surface area contributed by atoms with Gasteiger partial charge in [-0.3, -0.25) is 4.79 Å². The molecule has 0 radical (unpaired) electrons. The van der Waals surface area contributed by atoms with Crippen LogP contribution >= 0.6 is 0 Å². The lowest BCUT2D eigenvalue weighted by Gasteiger charge is -2.30. The van der Waals surface area contributed by atoms with E-state index < -0.39 is 0 Å². The van der Waals surface area contributed by atoms with Crippen molar-refractivity contribution in [2.45, 2.75) is 154 Å². The molecule has 4 heterocycles. The highest BCUT2D eigenvalue weighted by molar-refractivity contribution is 5.91. The first-order valence-corrected chi connectivity index (χ1v) is 19.8. The summed E-state index contributed by atoms with van der Waals surface area (Å²) in [5.74, 6) is 1.07. The Morgan fingerprint density at radius 3 is 2.27 bits per heavy atom. The van der Waals surface area contributed by atoms with Crippen LogP contribution in [0.1, 0.15) is 142 Å². The van der Waals surface area contributed by atoms with Gasteiger partial charge in [0.05, 0.1) is 37.7 Å². The van der Waals surface area contributed by atoms with E-state index in [4.69, 9.17) is 23.4 Å².